The predicted molar refractivity (Wildman–Crippen MR) is 72.3 cm³/mol. The highest BCUT2D eigenvalue weighted by molar-refractivity contribution is 5.89. The van der Waals surface area contributed by atoms with Crippen LogP contribution < -0.4 is 11.1 Å². The number of nitrogens with zero attached hydrogens (tertiary/aromatic N) is 1. The Kier molecular flexibility index (Phi) is 6.18. The number of hydrogen-bond acceptors (Lipinski definition) is 3. The summed E-state index contributed by atoms with van der Waals surface area (Å²) in [5, 5.41) is 11.7. The molecule has 4 N–H and O–H groups in total. The molecule has 0 radical (unpaired) electrons. The van der Waals surface area contributed by atoms with E-state index >= 15 is 0 Å². The average Bonchev–Trinajstić information content (AvgIpc) is 2.38. The van der Waals surface area contributed by atoms with Gasteiger partial charge in [0.2, 0.25) is 0 Å². The second-order valence-electron chi connectivity index (χ2n) is 4.05. The summed E-state index contributed by atoms with van der Waals surface area (Å²) >= 11 is 0. The van der Waals surface area contributed by atoms with Gasteiger partial charge in [-0.25, -0.2) is 4.79 Å². The van der Waals surface area contributed by atoms with Gasteiger partial charge in [-0.3, -0.25) is 0 Å². The molecule has 0 fully saturated rings. The zero-order chi connectivity index (χ0) is 13.4. The van der Waals surface area contributed by atoms with Gasteiger partial charge in [-0.15, -0.1) is 0 Å². The zero-order valence-electron chi connectivity index (χ0n) is 10.7. The Morgan fingerprint density at radius 2 is 2.22 bits per heavy atom. The minimum Gasteiger partial charge on any atom is -0.395 e. The fraction of sp³-hybridized carbons (Fsp3) is 0.462. The van der Waals surface area contributed by atoms with Crippen LogP contribution in [0.5, 0.6) is 0 Å². The van der Waals surface area contributed by atoms with Crippen molar-refractivity contribution in [1.29, 1.82) is 0 Å². The number of nitrogens with one attached hydrogen (secondary N) is 1. The van der Waals surface area contributed by atoms with Gasteiger partial charge >= 0.3 is 6.03 Å². The Hall–Kier alpha value is -1.59. The summed E-state index contributed by atoms with van der Waals surface area (Å²) in [5.74, 6) is 0. The SMILES string of the molecule is CCCN(CCO)C(=O)Nc1cccc(CN)c1. The highest BCUT2D eigenvalue weighted by atomic mass is 16.3. The van der Waals surface area contributed by atoms with E-state index in [1.54, 1.807) is 4.90 Å². The van der Waals surface area contributed by atoms with Gasteiger partial charge < -0.3 is 21.1 Å². The van der Waals surface area contributed by atoms with E-state index in [1.807, 2.05) is 31.2 Å². The molecule has 100 valence electrons. The number of hydrogen-bond donors (Lipinski definition) is 3. The second-order valence-corrected chi connectivity index (χ2v) is 4.05. The van der Waals surface area contributed by atoms with Crippen LogP contribution in [0.1, 0.15) is 18.9 Å². The van der Waals surface area contributed by atoms with Crippen LogP contribution in [0.4, 0.5) is 10.5 Å². The first-order valence-corrected chi connectivity index (χ1v) is 6.17. The molecule has 0 aliphatic rings. The van der Waals surface area contributed by atoms with Crippen molar-refractivity contribution in [3.8, 4) is 0 Å². The first-order valence-electron chi connectivity index (χ1n) is 6.17. The molecule has 5 heteroatoms. The van der Waals surface area contributed by atoms with Crippen molar-refractivity contribution in [1.82, 2.24) is 4.90 Å². The van der Waals surface area contributed by atoms with Crippen LogP contribution in [0, 0.1) is 0 Å². The van der Waals surface area contributed by atoms with E-state index in [9.17, 15) is 4.79 Å². The average molecular weight is 251 g/mol. The minimum atomic E-state index is -0.194. The van der Waals surface area contributed by atoms with E-state index in [2.05, 4.69) is 5.32 Å². The summed E-state index contributed by atoms with van der Waals surface area (Å²) in [6.07, 6.45) is 0.857. The molecular weight excluding hydrogens is 230 g/mol. The Morgan fingerprint density at radius 3 is 2.83 bits per heavy atom. The van der Waals surface area contributed by atoms with E-state index in [0.29, 0.717) is 19.6 Å². The molecule has 18 heavy (non-hydrogen) atoms. The third kappa shape index (κ3) is 4.35. The Morgan fingerprint density at radius 1 is 1.44 bits per heavy atom. The van der Waals surface area contributed by atoms with E-state index in [4.69, 9.17) is 10.8 Å². The summed E-state index contributed by atoms with van der Waals surface area (Å²) in [5.41, 5.74) is 7.24. The van der Waals surface area contributed by atoms with Crippen LogP contribution in [-0.4, -0.2) is 35.7 Å². The lowest BCUT2D eigenvalue weighted by Crippen LogP contribution is -2.37. The van der Waals surface area contributed by atoms with Crippen molar-refractivity contribution in [2.24, 2.45) is 5.73 Å². The lowest BCUT2D eigenvalue weighted by Gasteiger charge is -2.21. The molecule has 0 heterocycles. The summed E-state index contributed by atoms with van der Waals surface area (Å²) in [4.78, 5) is 13.6. The lowest BCUT2D eigenvalue weighted by atomic mass is 10.2. The van der Waals surface area contributed by atoms with Gasteiger partial charge in [-0.2, -0.15) is 0 Å². The molecule has 0 unspecified atom stereocenters. The number of aliphatic hydroxyl groups is 1. The van der Waals surface area contributed by atoms with E-state index in [-0.39, 0.29) is 12.6 Å². The molecule has 0 bridgehead atoms. The molecule has 2 amide bonds. The maximum atomic E-state index is 12.0. The van der Waals surface area contributed by atoms with Crippen LogP contribution in [0.3, 0.4) is 0 Å². The molecule has 1 rings (SSSR count). The molecule has 0 saturated carbocycles. The largest absolute Gasteiger partial charge is 0.395 e. The topological polar surface area (TPSA) is 78.6 Å². The molecule has 0 spiro atoms. The van der Waals surface area contributed by atoms with Crippen molar-refractivity contribution in [3.05, 3.63) is 29.8 Å². The highest BCUT2D eigenvalue weighted by Gasteiger charge is 2.11. The van der Waals surface area contributed by atoms with Gasteiger partial charge in [0.05, 0.1) is 6.61 Å². The third-order valence-corrected chi connectivity index (χ3v) is 2.56. The highest BCUT2D eigenvalue weighted by Crippen LogP contribution is 2.11. The van der Waals surface area contributed by atoms with E-state index in [0.717, 1.165) is 17.7 Å². The Balaban J connectivity index is 2.66. The van der Waals surface area contributed by atoms with Gasteiger partial charge in [0, 0.05) is 25.3 Å². The molecule has 1 aromatic carbocycles. The fourth-order valence-electron chi connectivity index (χ4n) is 1.68. The molecule has 0 aliphatic heterocycles. The molecular formula is C13H21N3O2. The molecule has 0 aliphatic carbocycles. The number of carbonyl (C=O) groups excluding carboxylic acids is 1. The van der Waals surface area contributed by atoms with Gasteiger partial charge in [-0.05, 0) is 24.1 Å². The Bertz CT molecular complexity index is 376. The smallest absolute Gasteiger partial charge is 0.321 e. The second kappa shape index (κ2) is 7.68. The number of benzene rings is 1. The first kappa shape index (κ1) is 14.5. The van der Waals surface area contributed by atoms with Crippen LogP contribution in [0.15, 0.2) is 24.3 Å². The van der Waals surface area contributed by atoms with E-state index in [1.165, 1.54) is 0 Å². The normalized spacial score (nSPS) is 10.2. The minimum absolute atomic E-state index is 0.0315. The van der Waals surface area contributed by atoms with Crippen molar-refractivity contribution >= 4 is 11.7 Å². The maximum absolute atomic E-state index is 12.0. The standard InChI is InChI=1S/C13H21N3O2/c1-2-6-16(7-8-17)13(18)15-12-5-3-4-11(9-12)10-14/h3-5,9,17H,2,6-8,10,14H2,1H3,(H,15,18). The van der Waals surface area contributed by atoms with Crippen LogP contribution in [0.2, 0.25) is 0 Å². The molecule has 0 aromatic heterocycles. The number of amides is 2. The Labute approximate surface area is 108 Å². The van der Waals surface area contributed by atoms with Crippen molar-refractivity contribution in [2.75, 3.05) is 25.0 Å². The summed E-state index contributed by atoms with van der Waals surface area (Å²) in [6.45, 7) is 3.38. The number of rotatable bonds is 6. The van der Waals surface area contributed by atoms with Gasteiger partial charge in [0.1, 0.15) is 0 Å². The predicted octanol–water partition coefficient (Wildman–Crippen LogP) is 1.38. The molecule has 0 atom stereocenters. The number of aliphatic hydroxyl groups excluding tert-OH is 1. The number of nitrogens with two attached hydrogens (primary N) is 1. The zero-order valence-corrected chi connectivity index (χ0v) is 10.7. The summed E-state index contributed by atoms with van der Waals surface area (Å²) < 4.78 is 0. The first-order chi connectivity index (χ1) is 8.71. The van der Waals surface area contributed by atoms with Crippen LogP contribution >= 0.6 is 0 Å². The quantitative estimate of drug-likeness (QED) is 0.714. The van der Waals surface area contributed by atoms with E-state index < -0.39 is 0 Å². The maximum Gasteiger partial charge on any atom is 0.321 e. The third-order valence-electron chi connectivity index (χ3n) is 2.56. The van der Waals surface area contributed by atoms with Crippen molar-refractivity contribution in [3.63, 3.8) is 0 Å². The number of carbonyl (C=O) groups is 1. The summed E-state index contributed by atoms with van der Waals surface area (Å²) in [7, 11) is 0. The number of urea groups is 1. The monoisotopic (exact) mass is 251 g/mol. The number of anilines is 1. The fourth-order valence-corrected chi connectivity index (χ4v) is 1.68. The van der Waals surface area contributed by atoms with Gasteiger partial charge in [0.25, 0.3) is 0 Å². The lowest BCUT2D eigenvalue weighted by molar-refractivity contribution is 0.188. The van der Waals surface area contributed by atoms with Crippen molar-refractivity contribution in [2.45, 2.75) is 19.9 Å². The summed E-state index contributed by atoms with van der Waals surface area (Å²) in [6, 6.07) is 7.24. The molecule has 0 saturated heterocycles. The molecule has 5 nitrogen and oxygen atoms in total. The van der Waals surface area contributed by atoms with Crippen molar-refractivity contribution < 1.29 is 9.90 Å². The van der Waals surface area contributed by atoms with Crippen LogP contribution in [-0.2, 0) is 6.54 Å². The molecule has 1 aromatic rings. The van der Waals surface area contributed by atoms with Crippen LogP contribution in [0.25, 0.3) is 0 Å². The van der Waals surface area contributed by atoms with Gasteiger partial charge in [0.15, 0.2) is 0 Å². The van der Waals surface area contributed by atoms with Gasteiger partial charge in [-0.1, -0.05) is 19.1 Å².